The zero-order valence-electron chi connectivity index (χ0n) is 13.1. The number of benzene rings is 2. The third-order valence-corrected chi connectivity index (χ3v) is 3.17. The fourth-order valence-electron chi connectivity index (χ4n) is 1.95. The Morgan fingerprint density at radius 3 is 2.04 bits per heavy atom. The van der Waals surface area contributed by atoms with Crippen molar-refractivity contribution in [1.29, 1.82) is 0 Å². The van der Waals surface area contributed by atoms with Crippen molar-refractivity contribution in [3.63, 3.8) is 0 Å². The molecule has 0 aliphatic carbocycles. The summed E-state index contributed by atoms with van der Waals surface area (Å²) >= 11 is 0. The van der Waals surface area contributed by atoms with Crippen LogP contribution in [0.3, 0.4) is 0 Å². The Morgan fingerprint density at radius 1 is 0.840 bits per heavy atom. The number of alkyl halides is 3. The van der Waals surface area contributed by atoms with Gasteiger partial charge in [-0.2, -0.15) is 13.2 Å². The Kier molecular flexibility index (Phi) is 5.99. The van der Waals surface area contributed by atoms with Crippen molar-refractivity contribution in [2.24, 2.45) is 0 Å². The van der Waals surface area contributed by atoms with E-state index < -0.39 is 23.7 Å². The number of amides is 3. The molecule has 2 aromatic rings. The second kappa shape index (κ2) is 8.18. The molecule has 8 heteroatoms. The highest BCUT2D eigenvalue weighted by Crippen LogP contribution is 2.29. The number of carbonyl (C=O) groups excluding carboxylic acids is 2. The van der Waals surface area contributed by atoms with E-state index >= 15 is 0 Å². The zero-order valence-corrected chi connectivity index (χ0v) is 13.1. The Bertz CT molecular complexity index is 716. The van der Waals surface area contributed by atoms with Crippen molar-refractivity contribution in [2.75, 3.05) is 17.2 Å². The zero-order chi connectivity index (χ0) is 18.3. The van der Waals surface area contributed by atoms with Gasteiger partial charge in [-0.3, -0.25) is 4.79 Å². The van der Waals surface area contributed by atoms with E-state index in [1.165, 1.54) is 12.1 Å². The van der Waals surface area contributed by atoms with Crippen molar-refractivity contribution in [2.45, 2.75) is 12.6 Å². The summed E-state index contributed by atoms with van der Waals surface area (Å²) in [4.78, 5) is 23.4. The molecule has 3 N–H and O–H groups in total. The van der Waals surface area contributed by atoms with Gasteiger partial charge in [-0.1, -0.05) is 18.2 Å². The maximum absolute atomic E-state index is 12.4. The van der Waals surface area contributed by atoms with Gasteiger partial charge in [-0.15, -0.1) is 0 Å². The lowest BCUT2D eigenvalue weighted by Crippen LogP contribution is -2.31. The normalized spacial score (nSPS) is 10.8. The molecule has 25 heavy (non-hydrogen) atoms. The van der Waals surface area contributed by atoms with E-state index in [0.29, 0.717) is 5.69 Å². The molecule has 0 spiro atoms. The van der Waals surface area contributed by atoms with Crippen LogP contribution in [0.4, 0.5) is 29.3 Å². The number of para-hydroxylation sites is 1. The van der Waals surface area contributed by atoms with Gasteiger partial charge in [-0.25, -0.2) is 4.79 Å². The van der Waals surface area contributed by atoms with Crippen LogP contribution in [0.1, 0.15) is 12.0 Å². The van der Waals surface area contributed by atoms with E-state index in [2.05, 4.69) is 16.0 Å². The van der Waals surface area contributed by atoms with Crippen LogP contribution >= 0.6 is 0 Å². The monoisotopic (exact) mass is 351 g/mol. The van der Waals surface area contributed by atoms with E-state index in [-0.39, 0.29) is 18.7 Å². The average Bonchev–Trinajstić information content (AvgIpc) is 2.55. The maximum atomic E-state index is 12.4. The molecule has 0 heterocycles. The number of anilines is 2. The molecule has 3 amide bonds. The Labute approximate surface area is 142 Å². The van der Waals surface area contributed by atoms with Gasteiger partial charge in [0.05, 0.1) is 5.56 Å². The summed E-state index contributed by atoms with van der Waals surface area (Å²) in [7, 11) is 0. The van der Waals surface area contributed by atoms with Crippen LogP contribution in [0.2, 0.25) is 0 Å². The minimum atomic E-state index is -4.42. The summed E-state index contributed by atoms with van der Waals surface area (Å²) in [6, 6.07) is 12.5. The second-order valence-corrected chi connectivity index (χ2v) is 5.12. The molecule has 132 valence electrons. The Hall–Kier alpha value is -3.03. The minimum Gasteiger partial charge on any atom is -0.337 e. The first-order chi connectivity index (χ1) is 11.8. The molecular formula is C17H16F3N3O2. The number of urea groups is 1. The van der Waals surface area contributed by atoms with E-state index in [1.807, 2.05) is 6.07 Å². The van der Waals surface area contributed by atoms with Crippen LogP contribution in [-0.4, -0.2) is 18.5 Å². The molecule has 0 atom stereocenters. The molecular weight excluding hydrogens is 335 g/mol. The van der Waals surface area contributed by atoms with Crippen LogP contribution in [0.5, 0.6) is 0 Å². The number of rotatable bonds is 5. The first kappa shape index (κ1) is 18.3. The fourth-order valence-corrected chi connectivity index (χ4v) is 1.95. The standard InChI is InChI=1S/C17H16F3N3O2/c18-17(19,20)12-6-8-14(9-7-12)22-15(24)10-11-21-16(25)23-13-4-2-1-3-5-13/h1-9H,10-11H2,(H,22,24)(H2,21,23,25). The van der Waals surface area contributed by atoms with Crippen molar-refractivity contribution in [1.82, 2.24) is 5.32 Å². The number of nitrogens with one attached hydrogen (secondary N) is 3. The average molecular weight is 351 g/mol. The number of carbonyl (C=O) groups is 2. The highest BCUT2D eigenvalue weighted by Gasteiger charge is 2.29. The van der Waals surface area contributed by atoms with Crippen LogP contribution < -0.4 is 16.0 Å². The summed E-state index contributed by atoms with van der Waals surface area (Å²) < 4.78 is 37.3. The van der Waals surface area contributed by atoms with E-state index in [1.54, 1.807) is 24.3 Å². The second-order valence-electron chi connectivity index (χ2n) is 5.12. The highest BCUT2D eigenvalue weighted by atomic mass is 19.4. The Balaban J connectivity index is 1.72. The van der Waals surface area contributed by atoms with E-state index in [9.17, 15) is 22.8 Å². The van der Waals surface area contributed by atoms with Crippen molar-refractivity contribution >= 4 is 23.3 Å². The molecule has 5 nitrogen and oxygen atoms in total. The first-order valence-corrected chi connectivity index (χ1v) is 7.41. The molecule has 0 saturated carbocycles. The molecule has 2 rings (SSSR count). The lowest BCUT2D eigenvalue weighted by atomic mass is 10.2. The minimum absolute atomic E-state index is 0.0107. The van der Waals surface area contributed by atoms with E-state index in [0.717, 1.165) is 12.1 Å². The van der Waals surface area contributed by atoms with Crippen molar-refractivity contribution < 1.29 is 22.8 Å². The van der Waals surface area contributed by atoms with Gasteiger partial charge in [0.2, 0.25) is 5.91 Å². The SMILES string of the molecule is O=C(CCNC(=O)Nc1ccccc1)Nc1ccc(C(F)(F)F)cc1. The van der Waals surface area contributed by atoms with Crippen molar-refractivity contribution in [3.8, 4) is 0 Å². The molecule has 0 saturated heterocycles. The molecule has 0 aromatic heterocycles. The Morgan fingerprint density at radius 2 is 1.44 bits per heavy atom. The van der Waals surface area contributed by atoms with Gasteiger partial charge in [0, 0.05) is 24.3 Å². The quantitative estimate of drug-likeness (QED) is 0.766. The van der Waals surface area contributed by atoms with Crippen LogP contribution in [0.15, 0.2) is 54.6 Å². The summed E-state index contributed by atoms with van der Waals surface area (Å²) in [5, 5.41) is 7.58. The fraction of sp³-hybridized carbons (Fsp3) is 0.176. The van der Waals surface area contributed by atoms with Gasteiger partial charge in [0.25, 0.3) is 0 Å². The molecule has 0 fully saturated rings. The molecule has 0 unspecified atom stereocenters. The predicted octanol–water partition coefficient (Wildman–Crippen LogP) is 3.86. The largest absolute Gasteiger partial charge is 0.416 e. The van der Waals surface area contributed by atoms with Gasteiger partial charge >= 0.3 is 12.2 Å². The first-order valence-electron chi connectivity index (χ1n) is 7.41. The predicted molar refractivity (Wildman–Crippen MR) is 88.2 cm³/mol. The van der Waals surface area contributed by atoms with Gasteiger partial charge in [-0.05, 0) is 36.4 Å². The molecule has 2 aromatic carbocycles. The lowest BCUT2D eigenvalue weighted by molar-refractivity contribution is -0.137. The van der Waals surface area contributed by atoms with Gasteiger partial charge in [0.15, 0.2) is 0 Å². The number of hydrogen-bond donors (Lipinski definition) is 3. The summed E-state index contributed by atoms with van der Waals surface area (Å²) in [5.74, 6) is -0.417. The number of halogens is 3. The molecule has 0 radical (unpaired) electrons. The third kappa shape index (κ3) is 6.17. The van der Waals surface area contributed by atoms with Crippen LogP contribution in [0.25, 0.3) is 0 Å². The van der Waals surface area contributed by atoms with Crippen LogP contribution in [0, 0.1) is 0 Å². The third-order valence-electron chi connectivity index (χ3n) is 3.17. The van der Waals surface area contributed by atoms with Gasteiger partial charge in [0.1, 0.15) is 0 Å². The summed E-state index contributed by atoms with van der Waals surface area (Å²) in [6.45, 7) is 0.0884. The topological polar surface area (TPSA) is 70.2 Å². The molecule has 0 aliphatic rings. The van der Waals surface area contributed by atoms with Crippen LogP contribution in [-0.2, 0) is 11.0 Å². The lowest BCUT2D eigenvalue weighted by Gasteiger charge is -2.09. The maximum Gasteiger partial charge on any atom is 0.416 e. The summed E-state index contributed by atoms with van der Waals surface area (Å²) in [5.41, 5.74) is 0.0886. The molecule has 0 aliphatic heterocycles. The van der Waals surface area contributed by atoms with Gasteiger partial charge < -0.3 is 16.0 Å². The van der Waals surface area contributed by atoms with E-state index in [4.69, 9.17) is 0 Å². The number of hydrogen-bond acceptors (Lipinski definition) is 2. The molecule has 0 bridgehead atoms. The highest BCUT2D eigenvalue weighted by molar-refractivity contribution is 5.92. The smallest absolute Gasteiger partial charge is 0.337 e. The summed E-state index contributed by atoms with van der Waals surface area (Å²) in [6.07, 6.45) is -4.43. The van der Waals surface area contributed by atoms with Crippen molar-refractivity contribution in [3.05, 3.63) is 60.2 Å².